The third-order valence-corrected chi connectivity index (χ3v) is 3.20. The number of carbonyl (C=O) groups excluding carboxylic acids is 1. The van der Waals surface area contributed by atoms with E-state index in [1.165, 1.54) is 12.4 Å². The van der Waals surface area contributed by atoms with Gasteiger partial charge in [0.2, 0.25) is 0 Å². The van der Waals surface area contributed by atoms with Crippen LogP contribution in [0.25, 0.3) is 22.4 Å². The highest BCUT2D eigenvalue weighted by Gasteiger charge is 2.35. The molecule has 9 heteroatoms. The lowest BCUT2D eigenvalue weighted by atomic mass is 10.1. The van der Waals surface area contributed by atoms with Gasteiger partial charge in [-0.15, -0.1) is 0 Å². The molecule has 1 amide bonds. The van der Waals surface area contributed by atoms with Crippen molar-refractivity contribution in [2.45, 2.75) is 6.18 Å². The number of aromatic amines is 1. The molecule has 3 aromatic rings. The van der Waals surface area contributed by atoms with Crippen molar-refractivity contribution in [3.63, 3.8) is 0 Å². The van der Waals surface area contributed by atoms with E-state index in [4.69, 9.17) is 5.73 Å². The van der Waals surface area contributed by atoms with Crippen LogP contribution in [0.4, 0.5) is 17.6 Å². The number of carbonyl (C=O) groups is 1. The Morgan fingerprint density at radius 3 is 2.61 bits per heavy atom. The summed E-state index contributed by atoms with van der Waals surface area (Å²) in [5.41, 5.74) is 3.98. The highest BCUT2D eigenvalue weighted by atomic mass is 19.4. The average Bonchev–Trinajstić information content (AvgIpc) is 2.89. The zero-order valence-corrected chi connectivity index (χ0v) is 11.3. The average molecular weight is 324 g/mol. The summed E-state index contributed by atoms with van der Waals surface area (Å²) in [7, 11) is 0. The Balaban J connectivity index is 2.26. The van der Waals surface area contributed by atoms with Gasteiger partial charge in [0.25, 0.3) is 5.91 Å². The summed E-state index contributed by atoms with van der Waals surface area (Å²) in [6.07, 6.45) is -2.29. The lowest BCUT2D eigenvalue weighted by Crippen LogP contribution is -2.11. The highest BCUT2D eigenvalue weighted by Crippen LogP contribution is 2.37. The molecule has 0 radical (unpaired) electrons. The first-order valence-electron chi connectivity index (χ1n) is 6.28. The number of nitrogens with one attached hydrogen (secondary N) is 1. The molecule has 118 valence electrons. The van der Waals surface area contributed by atoms with Gasteiger partial charge in [-0.1, -0.05) is 0 Å². The number of rotatable bonds is 2. The summed E-state index contributed by atoms with van der Waals surface area (Å²) < 4.78 is 52.4. The summed E-state index contributed by atoms with van der Waals surface area (Å²) in [6.45, 7) is 0. The minimum absolute atomic E-state index is 0.0272. The number of nitrogens with two attached hydrogens (primary N) is 1. The fourth-order valence-electron chi connectivity index (χ4n) is 2.20. The molecule has 0 aliphatic heterocycles. The number of alkyl halides is 3. The second-order valence-electron chi connectivity index (χ2n) is 4.72. The fraction of sp³-hybridized carbons (Fsp3) is 0.0714. The van der Waals surface area contributed by atoms with Crippen molar-refractivity contribution in [2.75, 3.05) is 0 Å². The zero-order valence-electron chi connectivity index (χ0n) is 11.3. The van der Waals surface area contributed by atoms with Crippen molar-refractivity contribution in [3.8, 4) is 11.4 Å². The molecule has 1 aromatic carbocycles. The lowest BCUT2D eigenvalue weighted by Gasteiger charge is -2.11. The summed E-state index contributed by atoms with van der Waals surface area (Å²) in [5, 5.41) is 0. The summed E-state index contributed by atoms with van der Waals surface area (Å²) in [4.78, 5) is 21.7. The van der Waals surface area contributed by atoms with Crippen LogP contribution in [0.15, 0.2) is 30.6 Å². The first-order valence-corrected chi connectivity index (χ1v) is 6.28. The largest absolute Gasteiger partial charge is 0.417 e. The van der Waals surface area contributed by atoms with Gasteiger partial charge in [-0.05, 0) is 18.2 Å². The predicted octanol–water partition coefficient (Wildman–Crippen LogP) is 2.88. The van der Waals surface area contributed by atoms with E-state index in [2.05, 4.69) is 15.0 Å². The molecular weight excluding hydrogens is 316 g/mol. The van der Waals surface area contributed by atoms with Crippen molar-refractivity contribution in [2.24, 2.45) is 5.73 Å². The van der Waals surface area contributed by atoms with E-state index >= 15 is 0 Å². The number of halogens is 4. The second-order valence-corrected chi connectivity index (χ2v) is 4.72. The van der Waals surface area contributed by atoms with Crippen LogP contribution in [0.3, 0.4) is 0 Å². The molecule has 0 bridgehead atoms. The number of nitrogens with zero attached hydrogens (tertiary/aromatic N) is 2. The Kier molecular flexibility index (Phi) is 3.28. The molecule has 3 N–H and O–H groups in total. The van der Waals surface area contributed by atoms with Crippen LogP contribution in [0, 0.1) is 5.82 Å². The number of benzene rings is 1. The van der Waals surface area contributed by atoms with Crippen LogP contribution >= 0.6 is 0 Å². The van der Waals surface area contributed by atoms with Gasteiger partial charge >= 0.3 is 6.18 Å². The molecule has 0 spiro atoms. The molecule has 0 fully saturated rings. The van der Waals surface area contributed by atoms with E-state index in [1.807, 2.05) is 0 Å². The SMILES string of the molecule is NC(=O)c1cncc2[nH]c(-c3ccc(F)cc3C(F)(F)F)nc12. The minimum Gasteiger partial charge on any atom is -0.365 e. The first-order chi connectivity index (χ1) is 10.8. The van der Waals surface area contributed by atoms with Gasteiger partial charge in [0.1, 0.15) is 17.2 Å². The normalized spacial score (nSPS) is 11.8. The minimum atomic E-state index is -4.76. The molecule has 23 heavy (non-hydrogen) atoms. The number of aromatic nitrogens is 3. The Morgan fingerprint density at radius 2 is 1.96 bits per heavy atom. The molecule has 0 saturated carbocycles. The standard InChI is InChI=1S/C14H8F4N4O/c15-6-1-2-7(9(3-6)14(16,17)18)13-21-10-5-20-4-8(12(19)23)11(10)22-13/h1-5H,(H2,19,23)(H,21,22). The van der Waals surface area contributed by atoms with E-state index in [1.54, 1.807) is 0 Å². The number of H-pyrrole nitrogens is 1. The maximum Gasteiger partial charge on any atom is 0.417 e. The van der Waals surface area contributed by atoms with E-state index in [9.17, 15) is 22.4 Å². The van der Waals surface area contributed by atoms with Crippen LogP contribution in [-0.4, -0.2) is 20.9 Å². The summed E-state index contributed by atoms with van der Waals surface area (Å²) >= 11 is 0. The number of hydrogen-bond acceptors (Lipinski definition) is 3. The number of imidazole rings is 1. The Bertz CT molecular complexity index is 917. The predicted molar refractivity (Wildman–Crippen MR) is 72.8 cm³/mol. The second kappa shape index (κ2) is 5.04. The molecule has 2 aromatic heterocycles. The molecule has 0 saturated heterocycles. The monoisotopic (exact) mass is 324 g/mol. The Labute approximate surface area is 126 Å². The molecule has 0 atom stereocenters. The van der Waals surface area contributed by atoms with Crippen LogP contribution in [-0.2, 0) is 6.18 Å². The molecule has 2 heterocycles. The number of pyridine rings is 1. The van der Waals surface area contributed by atoms with Crippen molar-refractivity contribution >= 4 is 16.9 Å². The smallest absolute Gasteiger partial charge is 0.365 e. The topological polar surface area (TPSA) is 84.7 Å². The van der Waals surface area contributed by atoms with Crippen LogP contribution in [0.2, 0.25) is 0 Å². The van der Waals surface area contributed by atoms with Gasteiger partial charge < -0.3 is 10.7 Å². The molecular formula is C14H8F4N4O. The van der Waals surface area contributed by atoms with Gasteiger partial charge in [0, 0.05) is 11.8 Å². The van der Waals surface area contributed by atoms with E-state index < -0.39 is 23.5 Å². The molecule has 0 unspecified atom stereocenters. The van der Waals surface area contributed by atoms with Crippen molar-refractivity contribution in [1.82, 2.24) is 15.0 Å². The van der Waals surface area contributed by atoms with Gasteiger partial charge in [0.05, 0.1) is 22.8 Å². The summed E-state index contributed by atoms with van der Waals surface area (Å²) in [6, 6.07) is 2.24. The third-order valence-electron chi connectivity index (χ3n) is 3.20. The molecule has 5 nitrogen and oxygen atoms in total. The van der Waals surface area contributed by atoms with Gasteiger partial charge in [0.15, 0.2) is 0 Å². The number of amides is 1. The van der Waals surface area contributed by atoms with Crippen LogP contribution < -0.4 is 5.73 Å². The zero-order chi connectivity index (χ0) is 16.8. The van der Waals surface area contributed by atoms with Crippen LogP contribution in [0.5, 0.6) is 0 Å². The first kappa shape index (κ1) is 14.9. The molecule has 0 aliphatic carbocycles. The van der Waals surface area contributed by atoms with Gasteiger partial charge in [-0.25, -0.2) is 9.37 Å². The van der Waals surface area contributed by atoms with Gasteiger partial charge in [-0.2, -0.15) is 13.2 Å². The maximum absolute atomic E-state index is 13.2. The van der Waals surface area contributed by atoms with Gasteiger partial charge in [-0.3, -0.25) is 9.78 Å². The number of fused-ring (bicyclic) bond motifs is 1. The maximum atomic E-state index is 13.2. The third kappa shape index (κ3) is 2.60. The Hall–Kier alpha value is -2.97. The van der Waals surface area contributed by atoms with Crippen molar-refractivity contribution in [1.29, 1.82) is 0 Å². The van der Waals surface area contributed by atoms with Crippen molar-refractivity contribution < 1.29 is 22.4 Å². The fourth-order valence-corrected chi connectivity index (χ4v) is 2.20. The van der Waals surface area contributed by atoms with E-state index in [-0.39, 0.29) is 28.0 Å². The number of primary amides is 1. The molecule has 0 aliphatic rings. The van der Waals surface area contributed by atoms with E-state index in [0.717, 1.165) is 12.1 Å². The Morgan fingerprint density at radius 1 is 1.22 bits per heavy atom. The van der Waals surface area contributed by atoms with E-state index in [0.29, 0.717) is 6.07 Å². The quantitative estimate of drug-likeness (QED) is 0.711. The number of hydrogen-bond donors (Lipinski definition) is 2. The van der Waals surface area contributed by atoms with Crippen molar-refractivity contribution in [3.05, 3.63) is 47.5 Å². The summed E-state index contributed by atoms with van der Waals surface area (Å²) in [5.74, 6) is -1.99. The molecule has 3 rings (SSSR count). The highest BCUT2D eigenvalue weighted by molar-refractivity contribution is 6.04. The van der Waals surface area contributed by atoms with Crippen LogP contribution in [0.1, 0.15) is 15.9 Å². The lowest BCUT2D eigenvalue weighted by molar-refractivity contribution is -0.137.